The minimum Gasteiger partial charge on any atom is -0.414 e. The van der Waals surface area contributed by atoms with E-state index in [1.165, 1.54) is 24.3 Å². The fourth-order valence-corrected chi connectivity index (χ4v) is 2.39. The molecule has 2 N–H and O–H groups in total. The van der Waals surface area contributed by atoms with Crippen molar-refractivity contribution in [3.05, 3.63) is 41.5 Å². The Balaban J connectivity index is 1.80. The Hall–Kier alpha value is -2.42. The van der Waals surface area contributed by atoms with Gasteiger partial charge in [-0.25, -0.2) is 4.39 Å². The summed E-state index contributed by atoms with van der Waals surface area (Å²) in [4.78, 5) is 23.6. The predicted molar refractivity (Wildman–Crippen MR) is 90.5 cm³/mol. The van der Waals surface area contributed by atoms with Crippen LogP contribution in [0.2, 0.25) is 0 Å². The summed E-state index contributed by atoms with van der Waals surface area (Å²) >= 11 is 1.12. The van der Waals surface area contributed by atoms with E-state index in [4.69, 9.17) is 4.42 Å². The molecule has 2 amide bonds. The van der Waals surface area contributed by atoms with Gasteiger partial charge < -0.3 is 15.1 Å². The molecule has 0 spiro atoms. The lowest BCUT2D eigenvalue weighted by Gasteiger charge is -2.19. The molecule has 1 aromatic carbocycles. The second-order valence-electron chi connectivity index (χ2n) is 6.24. The first-order valence-corrected chi connectivity index (χ1v) is 8.51. The van der Waals surface area contributed by atoms with Crippen LogP contribution in [0, 0.1) is 5.82 Å². The van der Waals surface area contributed by atoms with E-state index in [9.17, 15) is 14.0 Å². The number of aromatic nitrogens is 2. The number of nitrogens with zero attached hydrogens (tertiary/aromatic N) is 2. The lowest BCUT2D eigenvalue weighted by Crippen LogP contribution is -2.41. The summed E-state index contributed by atoms with van der Waals surface area (Å²) in [5.74, 6) is -0.556. The van der Waals surface area contributed by atoms with E-state index in [-0.39, 0.29) is 40.8 Å². The van der Waals surface area contributed by atoms with Crippen molar-refractivity contribution in [2.45, 2.75) is 38.1 Å². The quantitative estimate of drug-likeness (QED) is 0.761. The van der Waals surface area contributed by atoms with E-state index in [0.29, 0.717) is 5.56 Å². The zero-order valence-electron chi connectivity index (χ0n) is 14.1. The third-order valence-corrected chi connectivity index (χ3v) is 3.61. The Morgan fingerprint density at radius 1 is 1.20 bits per heavy atom. The maximum Gasteiger partial charge on any atom is 0.277 e. The number of amides is 2. The van der Waals surface area contributed by atoms with Gasteiger partial charge in [0, 0.05) is 11.1 Å². The number of benzene rings is 1. The standard InChI is InChI=1S/C16H19FN4O3S/c1-16(2,3)19-12(22)9-25-15-21-20-13(24-15)8-18-14(23)10-4-6-11(17)7-5-10/h4-7H,8-9H2,1-3H3,(H,18,23)(H,19,22). The number of hydrogen-bond acceptors (Lipinski definition) is 6. The average Bonchev–Trinajstić information content (AvgIpc) is 2.98. The number of carbonyl (C=O) groups is 2. The highest BCUT2D eigenvalue weighted by atomic mass is 32.2. The van der Waals surface area contributed by atoms with E-state index in [1.54, 1.807) is 0 Å². The van der Waals surface area contributed by atoms with Crippen molar-refractivity contribution >= 4 is 23.6 Å². The Kier molecular flexibility index (Phi) is 6.13. The first-order chi connectivity index (χ1) is 11.7. The smallest absolute Gasteiger partial charge is 0.277 e. The van der Waals surface area contributed by atoms with Crippen LogP contribution in [0.1, 0.15) is 37.0 Å². The Morgan fingerprint density at radius 3 is 2.52 bits per heavy atom. The molecule has 2 aromatic rings. The first-order valence-electron chi connectivity index (χ1n) is 7.53. The van der Waals surface area contributed by atoms with Gasteiger partial charge in [0.15, 0.2) is 0 Å². The maximum atomic E-state index is 12.8. The van der Waals surface area contributed by atoms with Gasteiger partial charge in [-0.1, -0.05) is 11.8 Å². The molecule has 0 fully saturated rings. The van der Waals surface area contributed by atoms with Crippen LogP contribution in [0.5, 0.6) is 0 Å². The molecule has 1 heterocycles. The van der Waals surface area contributed by atoms with Crippen molar-refractivity contribution in [3.8, 4) is 0 Å². The third-order valence-electron chi connectivity index (χ3n) is 2.80. The zero-order valence-corrected chi connectivity index (χ0v) is 14.9. The molecule has 0 unspecified atom stereocenters. The van der Waals surface area contributed by atoms with Crippen LogP contribution in [0.15, 0.2) is 33.9 Å². The van der Waals surface area contributed by atoms with Crippen molar-refractivity contribution in [1.82, 2.24) is 20.8 Å². The molecule has 0 aliphatic heterocycles. The van der Waals surface area contributed by atoms with Gasteiger partial charge in [-0.15, -0.1) is 10.2 Å². The molecule has 0 aliphatic rings. The second kappa shape index (κ2) is 8.11. The summed E-state index contributed by atoms with van der Waals surface area (Å²) in [5, 5.41) is 13.3. The molecular weight excluding hydrogens is 347 g/mol. The van der Waals surface area contributed by atoms with Crippen molar-refractivity contribution in [2.24, 2.45) is 0 Å². The van der Waals surface area contributed by atoms with Crippen LogP contribution in [0.25, 0.3) is 0 Å². The van der Waals surface area contributed by atoms with Crippen molar-refractivity contribution in [3.63, 3.8) is 0 Å². The summed E-state index contributed by atoms with van der Waals surface area (Å²) < 4.78 is 18.2. The van der Waals surface area contributed by atoms with Gasteiger partial charge >= 0.3 is 0 Å². The van der Waals surface area contributed by atoms with E-state index < -0.39 is 5.82 Å². The molecule has 0 atom stereocenters. The van der Waals surface area contributed by atoms with E-state index in [0.717, 1.165) is 11.8 Å². The van der Waals surface area contributed by atoms with Crippen molar-refractivity contribution < 1.29 is 18.4 Å². The maximum absolute atomic E-state index is 12.8. The molecule has 0 saturated carbocycles. The molecule has 7 nitrogen and oxygen atoms in total. The summed E-state index contributed by atoms with van der Waals surface area (Å²) in [6.07, 6.45) is 0. The third kappa shape index (κ3) is 6.54. The zero-order chi connectivity index (χ0) is 18.4. The Bertz CT molecular complexity index is 741. The Morgan fingerprint density at radius 2 is 1.88 bits per heavy atom. The fraction of sp³-hybridized carbons (Fsp3) is 0.375. The van der Waals surface area contributed by atoms with Crippen molar-refractivity contribution in [2.75, 3.05) is 5.75 Å². The highest BCUT2D eigenvalue weighted by Crippen LogP contribution is 2.16. The summed E-state index contributed by atoms with van der Waals surface area (Å²) in [5.41, 5.74) is 0.0248. The van der Waals surface area contributed by atoms with Gasteiger partial charge in [-0.2, -0.15) is 0 Å². The summed E-state index contributed by atoms with van der Waals surface area (Å²) in [6, 6.07) is 5.18. The summed E-state index contributed by atoms with van der Waals surface area (Å²) in [7, 11) is 0. The molecule has 0 bridgehead atoms. The number of carbonyl (C=O) groups excluding carboxylic acids is 2. The second-order valence-corrected chi connectivity index (χ2v) is 7.16. The molecule has 134 valence electrons. The van der Waals surface area contributed by atoms with Gasteiger partial charge in [0.1, 0.15) is 5.82 Å². The largest absolute Gasteiger partial charge is 0.414 e. The number of halogens is 1. The average molecular weight is 366 g/mol. The molecule has 2 rings (SSSR count). The van der Waals surface area contributed by atoms with Crippen LogP contribution in [-0.2, 0) is 11.3 Å². The predicted octanol–water partition coefficient (Wildman–Crippen LogP) is 2.15. The molecule has 0 radical (unpaired) electrons. The molecule has 1 aromatic heterocycles. The van der Waals surface area contributed by atoms with Crippen molar-refractivity contribution in [1.29, 1.82) is 0 Å². The SMILES string of the molecule is CC(C)(C)NC(=O)CSc1nnc(CNC(=O)c2ccc(F)cc2)o1. The minimum absolute atomic E-state index is 0.0396. The number of hydrogen-bond donors (Lipinski definition) is 2. The van der Waals surface area contributed by atoms with Gasteiger partial charge in [-0.3, -0.25) is 9.59 Å². The van der Waals surface area contributed by atoms with Gasteiger partial charge in [0.25, 0.3) is 11.1 Å². The monoisotopic (exact) mass is 366 g/mol. The summed E-state index contributed by atoms with van der Waals surface area (Å²) in [6.45, 7) is 5.72. The van der Waals surface area contributed by atoms with Crippen LogP contribution in [0.4, 0.5) is 4.39 Å². The van der Waals surface area contributed by atoms with Gasteiger partial charge in [-0.05, 0) is 45.0 Å². The number of thioether (sulfide) groups is 1. The topological polar surface area (TPSA) is 97.1 Å². The highest BCUT2D eigenvalue weighted by Gasteiger charge is 2.15. The molecule has 0 saturated heterocycles. The van der Waals surface area contributed by atoms with Crippen LogP contribution in [0.3, 0.4) is 0 Å². The van der Waals surface area contributed by atoms with Gasteiger partial charge in [0.05, 0.1) is 12.3 Å². The van der Waals surface area contributed by atoms with E-state index in [2.05, 4.69) is 20.8 Å². The molecule has 25 heavy (non-hydrogen) atoms. The number of nitrogens with one attached hydrogen (secondary N) is 2. The fourth-order valence-electron chi connectivity index (χ4n) is 1.81. The van der Waals surface area contributed by atoms with E-state index in [1.807, 2.05) is 20.8 Å². The lowest BCUT2D eigenvalue weighted by molar-refractivity contribution is -0.119. The van der Waals surface area contributed by atoms with Crippen LogP contribution < -0.4 is 10.6 Å². The highest BCUT2D eigenvalue weighted by molar-refractivity contribution is 7.99. The number of rotatable bonds is 6. The van der Waals surface area contributed by atoms with Crippen LogP contribution in [-0.4, -0.2) is 33.3 Å². The van der Waals surface area contributed by atoms with Crippen LogP contribution >= 0.6 is 11.8 Å². The van der Waals surface area contributed by atoms with E-state index >= 15 is 0 Å². The first kappa shape index (κ1) is 18.9. The lowest BCUT2D eigenvalue weighted by atomic mass is 10.1. The van der Waals surface area contributed by atoms with Gasteiger partial charge in [0.2, 0.25) is 11.8 Å². The molecule has 0 aliphatic carbocycles. The minimum atomic E-state index is -0.411. The molecular formula is C16H19FN4O3S. The Labute approximate surface area is 148 Å². The normalized spacial score (nSPS) is 11.2. The molecule has 9 heteroatoms.